The number of anilines is 2. The second-order valence-electron chi connectivity index (χ2n) is 8.19. The third-order valence-corrected chi connectivity index (χ3v) is 6.93. The molecule has 2 fully saturated rings. The molecule has 2 amide bonds. The monoisotopic (exact) mass is 559 g/mol. The van der Waals surface area contributed by atoms with E-state index < -0.39 is 5.91 Å². The number of nitrogens with one attached hydrogen (secondary N) is 3. The summed E-state index contributed by atoms with van der Waals surface area (Å²) in [7, 11) is 0. The van der Waals surface area contributed by atoms with Crippen LogP contribution in [-0.4, -0.2) is 62.8 Å². The predicted octanol–water partition coefficient (Wildman–Crippen LogP) is 1.09. The smallest absolute Gasteiger partial charge is 0.302 e. The van der Waals surface area contributed by atoms with Crippen molar-refractivity contribution in [2.75, 3.05) is 31.1 Å². The van der Waals surface area contributed by atoms with Crippen molar-refractivity contribution in [1.82, 2.24) is 30.5 Å². The van der Waals surface area contributed by atoms with E-state index in [-0.39, 0.29) is 28.8 Å². The van der Waals surface area contributed by atoms with E-state index in [0.717, 1.165) is 23.7 Å². The largest absolute Gasteiger partial charge is 0.382 e. The van der Waals surface area contributed by atoms with Crippen molar-refractivity contribution >= 4 is 62.9 Å². The number of H-pyrrole nitrogens is 1. The molecule has 12 heteroatoms. The summed E-state index contributed by atoms with van der Waals surface area (Å²) in [6.45, 7) is 1.81. The summed E-state index contributed by atoms with van der Waals surface area (Å²) in [6, 6.07) is 7.63. The Morgan fingerprint density at radius 2 is 1.91 bits per heavy atom. The summed E-state index contributed by atoms with van der Waals surface area (Å²) >= 11 is 1.89. The predicted molar refractivity (Wildman–Crippen MR) is 133 cm³/mol. The molecule has 0 unspecified atom stereocenters. The third-order valence-electron chi connectivity index (χ3n) is 6.13. The van der Waals surface area contributed by atoms with Gasteiger partial charge in [0.25, 0.3) is 5.91 Å². The molecule has 0 aliphatic carbocycles. The molecule has 2 saturated heterocycles. The maximum absolute atomic E-state index is 13.1. The lowest BCUT2D eigenvalue weighted by molar-refractivity contribution is 0.0671. The second kappa shape index (κ2) is 8.17. The summed E-state index contributed by atoms with van der Waals surface area (Å²) < 4.78 is 0.390. The van der Waals surface area contributed by atoms with Crippen LogP contribution in [0, 0.1) is 3.70 Å². The molecule has 33 heavy (non-hydrogen) atoms. The van der Waals surface area contributed by atoms with Crippen molar-refractivity contribution in [2.24, 2.45) is 4.99 Å². The maximum atomic E-state index is 13.1. The Bertz CT molecular complexity index is 1290. The number of aromatic amines is 1. The summed E-state index contributed by atoms with van der Waals surface area (Å²) in [5, 5.41) is 7.42. The van der Waals surface area contributed by atoms with E-state index in [1.165, 1.54) is 0 Å². The summed E-state index contributed by atoms with van der Waals surface area (Å²) in [6.07, 6.45) is 3.29. The quantitative estimate of drug-likeness (QED) is 0.291. The van der Waals surface area contributed by atoms with E-state index in [1.54, 1.807) is 0 Å². The van der Waals surface area contributed by atoms with Crippen LogP contribution in [0.25, 0.3) is 10.9 Å². The molecule has 2 aromatic heterocycles. The minimum absolute atomic E-state index is 0.0251. The van der Waals surface area contributed by atoms with E-state index in [9.17, 15) is 9.59 Å². The highest BCUT2D eigenvalue weighted by atomic mass is 127. The molecule has 4 heterocycles. The average Bonchev–Trinajstić information content (AvgIpc) is 3.43. The summed E-state index contributed by atoms with van der Waals surface area (Å²) in [4.78, 5) is 42.9. The number of benzene rings is 1. The Hall–Kier alpha value is -3.42. The van der Waals surface area contributed by atoms with Crippen molar-refractivity contribution < 1.29 is 9.59 Å². The molecular formula is C21H22IN9O2. The normalized spacial score (nSPS) is 18.5. The van der Waals surface area contributed by atoms with Gasteiger partial charge in [-0.2, -0.15) is 4.99 Å². The summed E-state index contributed by atoms with van der Waals surface area (Å²) in [5.74, 6) is -0.0965. The van der Waals surface area contributed by atoms with Gasteiger partial charge in [0, 0.05) is 42.3 Å². The number of aliphatic imine (C=N–C) groups is 1. The van der Waals surface area contributed by atoms with Crippen LogP contribution in [0.1, 0.15) is 33.7 Å². The van der Waals surface area contributed by atoms with Gasteiger partial charge in [0.15, 0.2) is 23.3 Å². The number of likely N-dealkylation sites (tertiary alicyclic amines) is 1. The number of halogens is 1. The minimum atomic E-state index is -0.600. The lowest BCUT2D eigenvalue weighted by atomic mass is 9.88. The van der Waals surface area contributed by atoms with Crippen LogP contribution in [0.4, 0.5) is 11.6 Å². The van der Waals surface area contributed by atoms with E-state index in [4.69, 9.17) is 11.5 Å². The highest BCUT2D eigenvalue weighted by Crippen LogP contribution is 2.27. The molecule has 0 radical (unpaired) electrons. The molecule has 3 aromatic rings. The summed E-state index contributed by atoms with van der Waals surface area (Å²) in [5.41, 5.74) is 12.8. The van der Waals surface area contributed by atoms with Crippen LogP contribution in [0.15, 0.2) is 35.5 Å². The number of nitrogens with zero attached hydrogens (tertiary/aromatic N) is 4. The molecule has 0 saturated carbocycles. The number of amides is 2. The van der Waals surface area contributed by atoms with Gasteiger partial charge in [-0.15, -0.1) is 0 Å². The SMILES string of the molecule is Nc1nc(N)c(C(=O)/N=C2\NCC3(CCN(C(=O)c4cccc5[nH]ccc45)CC3)N2)nc1I. The van der Waals surface area contributed by atoms with Crippen molar-refractivity contribution in [3.05, 3.63) is 45.4 Å². The Balaban J connectivity index is 1.26. The van der Waals surface area contributed by atoms with E-state index >= 15 is 0 Å². The number of rotatable bonds is 2. The lowest BCUT2D eigenvalue weighted by Gasteiger charge is -2.38. The Morgan fingerprint density at radius 3 is 2.70 bits per heavy atom. The lowest BCUT2D eigenvalue weighted by Crippen LogP contribution is -2.53. The first kappa shape index (κ1) is 21.4. The standard InChI is InChI=1S/C21H22IN9O2/c22-15-17(24)28-16(23)14(27-15)18(32)29-20-26-10-21(30-20)5-8-31(9-6-21)19(33)12-2-1-3-13-11(12)4-7-25-13/h1-4,7,25H,5-6,8-10H2,(H4,23,24,28)(H2,26,29,30,32). The number of nitrogen functional groups attached to an aromatic ring is 2. The van der Waals surface area contributed by atoms with Crippen LogP contribution >= 0.6 is 22.6 Å². The third kappa shape index (κ3) is 3.94. The molecule has 0 bridgehead atoms. The average molecular weight is 559 g/mol. The van der Waals surface area contributed by atoms with Gasteiger partial charge >= 0.3 is 5.91 Å². The molecule has 170 valence electrons. The topological polar surface area (TPSA) is 167 Å². The fourth-order valence-electron chi connectivity index (χ4n) is 4.30. The fraction of sp³-hybridized carbons (Fsp3) is 0.286. The number of aromatic nitrogens is 3. The van der Waals surface area contributed by atoms with E-state index in [2.05, 4.69) is 30.6 Å². The van der Waals surface area contributed by atoms with Gasteiger partial charge in [-0.1, -0.05) is 6.07 Å². The van der Waals surface area contributed by atoms with E-state index in [0.29, 0.717) is 34.9 Å². The molecule has 2 aliphatic rings. The molecule has 1 aromatic carbocycles. The van der Waals surface area contributed by atoms with Gasteiger partial charge in [-0.25, -0.2) is 9.97 Å². The van der Waals surface area contributed by atoms with Crippen molar-refractivity contribution in [2.45, 2.75) is 18.4 Å². The van der Waals surface area contributed by atoms with Gasteiger partial charge in [0.05, 0.1) is 5.54 Å². The van der Waals surface area contributed by atoms with Crippen LogP contribution in [-0.2, 0) is 0 Å². The molecule has 11 nitrogen and oxygen atoms in total. The highest BCUT2D eigenvalue weighted by molar-refractivity contribution is 14.1. The van der Waals surface area contributed by atoms with Gasteiger partial charge in [0.2, 0.25) is 0 Å². The Labute approximate surface area is 202 Å². The maximum Gasteiger partial charge on any atom is 0.302 e. The number of carbonyl (C=O) groups is 2. The Kier molecular flexibility index (Phi) is 5.31. The molecule has 1 spiro atoms. The van der Waals surface area contributed by atoms with Crippen LogP contribution < -0.4 is 22.1 Å². The number of hydrogen-bond acceptors (Lipinski definition) is 6. The van der Waals surface area contributed by atoms with Gasteiger partial charge in [0.1, 0.15) is 3.70 Å². The first-order valence-electron chi connectivity index (χ1n) is 10.4. The minimum Gasteiger partial charge on any atom is -0.382 e. The zero-order chi connectivity index (χ0) is 23.2. The van der Waals surface area contributed by atoms with Crippen LogP contribution in [0.2, 0.25) is 0 Å². The van der Waals surface area contributed by atoms with Gasteiger partial charge < -0.3 is 32.0 Å². The molecule has 7 N–H and O–H groups in total. The highest BCUT2D eigenvalue weighted by Gasteiger charge is 2.41. The molecule has 5 rings (SSSR count). The first-order chi connectivity index (χ1) is 15.8. The number of nitrogens with two attached hydrogens (primary N) is 2. The second-order valence-corrected chi connectivity index (χ2v) is 9.22. The van der Waals surface area contributed by atoms with E-state index in [1.807, 2.05) is 58.0 Å². The number of hydrogen-bond donors (Lipinski definition) is 5. The zero-order valence-electron chi connectivity index (χ0n) is 17.6. The number of guanidine groups is 1. The van der Waals surface area contributed by atoms with Crippen molar-refractivity contribution in [3.8, 4) is 0 Å². The van der Waals surface area contributed by atoms with Gasteiger partial charge in [-0.3, -0.25) is 9.59 Å². The zero-order valence-corrected chi connectivity index (χ0v) is 19.7. The molecule has 2 aliphatic heterocycles. The number of piperidine rings is 1. The fourth-order valence-corrected chi connectivity index (χ4v) is 4.66. The molecule has 0 atom stereocenters. The Morgan fingerprint density at radius 1 is 1.12 bits per heavy atom. The molecular weight excluding hydrogens is 537 g/mol. The number of fused-ring (bicyclic) bond motifs is 1. The van der Waals surface area contributed by atoms with Gasteiger partial charge in [-0.05, 0) is 53.6 Å². The van der Waals surface area contributed by atoms with Crippen molar-refractivity contribution in [3.63, 3.8) is 0 Å². The van der Waals surface area contributed by atoms with Crippen LogP contribution in [0.3, 0.4) is 0 Å². The first-order valence-corrected chi connectivity index (χ1v) is 11.5. The van der Waals surface area contributed by atoms with Crippen LogP contribution in [0.5, 0.6) is 0 Å². The van der Waals surface area contributed by atoms with Crippen molar-refractivity contribution in [1.29, 1.82) is 0 Å². The number of carbonyl (C=O) groups excluding carboxylic acids is 2.